The molecule has 0 N–H and O–H groups in total. The lowest BCUT2D eigenvalue weighted by atomic mass is 10.0. The zero-order valence-corrected chi connectivity index (χ0v) is 23.9. The van der Waals surface area contributed by atoms with E-state index < -0.39 is 48.5 Å². The number of benzene rings is 2. The number of hydrogen-bond acceptors (Lipinski definition) is 11. The molecule has 5 atom stereocenters. The summed E-state index contributed by atoms with van der Waals surface area (Å²) >= 11 is 7.51. The van der Waals surface area contributed by atoms with Gasteiger partial charge in [-0.15, -0.1) is 0 Å². The van der Waals surface area contributed by atoms with Crippen molar-refractivity contribution in [2.75, 3.05) is 18.6 Å². The Morgan fingerprint density at radius 1 is 1.02 bits per heavy atom. The summed E-state index contributed by atoms with van der Waals surface area (Å²) in [4.78, 5) is 38.9. The molecule has 2 aliphatic heterocycles. The summed E-state index contributed by atoms with van der Waals surface area (Å²) in [7, 11) is 1.59. The van der Waals surface area contributed by atoms with Crippen molar-refractivity contribution >= 4 is 52.7 Å². The Balaban J connectivity index is 1.64. The van der Waals surface area contributed by atoms with Crippen molar-refractivity contribution in [3.05, 3.63) is 54.6 Å². The molecule has 0 unspecified atom stereocenters. The molecule has 3 heterocycles. The van der Waals surface area contributed by atoms with Crippen molar-refractivity contribution in [1.29, 1.82) is 0 Å². The summed E-state index contributed by atoms with van der Waals surface area (Å²) < 4.78 is 30.4. The first-order valence-electron chi connectivity index (χ1n) is 12.6. The first-order chi connectivity index (χ1) is 19.2. The minimum Gasteiger partial charge on any atom is -0.736 e. The van der Waals surface area contributed by atoms with E-state index in [-0.39, 0.29) is 6.61 Å². The minimum atomic E-state index is -1.03. The molecule has 0 aliphatic carbocycles. The van der Waals surface area contributed by atoms with E-state index in [4.69, 9.17) is 36.3 Å². The van der Waals surface area contributed by atoms with E-state index in [1.165, 1.54) is 32.1 Å². The van der Waals surface area contributed by atoms with Crippen LogP contribution in [0.5, 0.6) is 5.75 Å². The van der Waals surface area contributed by atoms with Crippen molar-refractivity contribution in [1.82, 2.24) is 0 Å². The van der Waals surface area contributed by atoms with Crippen LogP contribution < -0.4 is 14.2 Å². The molecule has 0 saturated carbocycles. The zero-order valence-electron chi connectivity index (χ0n) is 22.3. The van der Waals surface area contributed by atoms with Crippen LogP contribution in [0, 0.1) is 0 Å². The predicted molar refractivity (Wildman–Crippen MR) is 146 cm³/mol. The van der Waals surface area contributed by atoms with Gasteiger partial charge in [0.05, 0.1) is 12.0 Å². The highest BCUT2D eigenvalue weighted by molar-refractivity contribution is 7.59. The zero-order chi connectivity index (χ0) is 28.6. The van der Waals surface area contributed by atoms with Gasteiger partial charge in [-0.2, -0.15) is 4.90 Å². The number of methoxy groups -OCH3 is 1. The third-order valence-electron chi connectivity index (χ3n) is 6.64. The third kappa shape index (κ3) is 5.21. The Kier molecular flexibility index (Phi) is 7.92. The van der Waals surface area contributed by atoms with Gasteiger partial charge in [0.1, 0.15) is 24.1 Å². The summed E-state index contributed by atoms with van der Waals surface area (Å²) in [6, 6.07) is 16.7. The number of anilines is 2. The van der Waals surface area contributed by atoms with E-state index in [2.05, 4.69) is 0 Å². The van der Waals surface area contributed by atoms with Gasteiger partial charge in [-0.25, -0.2) is 4.57 Å². The summed E-state index contributed by atoms with van der Waals surface area (Å²) in [6.45, 7) is 3.54. The smallest absolute Gasteiger partial charge is 0.343 e. The lowest BCUT2D eigenvalue weighted by Crippen LogP contribution is -2.51. The second-order valence-electron chi connectivity index (χ2n) is 9.33. The molecule has 0 spiro atoms. The van der Waals surface area contributed by atoms with Crippen molar-refractivity contribution in [3.63, 3.8) is 0 Å². The highest BCUT2D eigenvalue weighted by Gasteiger charge is 2.64. The maximum absolute atomic E-state index is 12.4. The Labute approximate surface area is 240 Å². The fraction of sp³-hybridized carbons (Fsp3) is 0.357. The van der Waals surface area contributed by atoms with Gasteiger partial charge in [0, 0.05) is 25.8 Å². The highest BCUT2D eigenvalue weighted by atomic mass is 32.1. The predicted octanol–water partition coefficient (Wildman–Crippen LogP) is 3.46. The summed E-state index contributed by atoms with van der Waals surface area (Å²) in [5, 5.41) is 1.35. The molecule has 5 rings (SSSR count). The van der Waals surface area contributed by atoms with Crippen molar-refractivity contribution < 1.29 is 42.6 Å². The van der Waals surface area contributed by atoms with Crippen LogP contribution in [0.1, 0.15) is 26.8 Å². The molecule has 2 aromatic carbocycles. The molecule has 3 aromatic rings. The van der Waals surface area contributed by atoms with Crippen LogP contribution in [0.2, 0.25) is 0 Å². The number of esters is 3. The quantitative estimate of drug-likeness (QED) is 0.169. The maximum atomic E-state index is 12.4. The number of fused-ring (bicyclic) bond motifs is 3. The average Bonchev–Trinajstić information content (AvgIpc) is 3.54. The lowest BCUT2D eigenvalue weighted by Gasteiger charge is -2.27. The van der Waals surface area contributed by atoms with Crippen molar-refractivity contribution in [3.8, 4) is 16.2 Å². The summed E-state index contributed by atoms with van der Waals surface area (Å²) in [5.41, 5.74) is 1.75. The molecular formula is C28H28N2O8S2. The van der Waals surface area contributed by atoms with Crippen molar-refractivity contribution in [2.45, 2.75) is 56.4 Å². The van der Waals surface area contributed by atoms with E-state index in [1.807, 2.05) is 64.1 Å². The van der Waals surface area contributed by atoms with Gasteiger partial charge in [-0.1, -0.05) is 30.3 Å². The fourth-order valence-corrected chi connectivity index (χ4v) is 6.84. The molecule has 210 valence electrons. The van der Waals surface area contributed by atoms with Crippen LogP contribution in [-0.4, -0.2) is 56.2 Å². The van der Waals surface area contributed by atoms with Crippen molar-refractivity contribution in [2.24, 2.45) is 0 Å². The van der Waals surface area contributed by atoms with Crippen LogP contribution in [0.3, 0.4) is 0 Å². The molecule has 1 saturated heterocycles. The Morgan fingerprint density at radius 3 is 2.33 bits per heavy atom. The minimum absolute atomic E-state index is 0.267. The second kappa shape index (κ2) is 11.4. The average molecular weight is 585 g/mol. The number of hydrogen-bond donors (Lipinski definition) is 0. The molecule has 40 heavy (non-hydrogen) atoms. The normalized spacial score (nSPS) is 21.8. The first kappa shape index (κ1) is 27.8. The fourth-order valence-electron chi connectivity index (χ4n) is 5.09. The Hall–Kier alpha value is -3.74. The molecule has 10 nitrogen and oxygen atoms in total. The van der Waals surface area contributed by atoms with Gasteiger partial charge in [0.2, 0.25) is 12.3 Å². The number of nitrogens with zero attached hydrogens (tertiary/aromatic N) is 2. The standard InChI is InChI=1S/C28H28N2O8S2/c1-15(31)35-14-21(36-16(2)32)23-24(37-17(3)33)22-26(38-23)29(19-10-12-20(34-4)13-11-19)28-30(22)27(39)25(40-28)18-8-6-5-7-9-18/h5-13,21-24,26H,14H2,1-4H3/t21-,22-,23-,24-,26+/m1/s1. The van der Waals surface area contributed by atoms with E-state index >= 15 is 0 Å². The SMILES string of the molecule is COc1ccc(N2c3sc(-c4ccccc4)c([S-])[n+]3[C@@H]3[C@@H](OC(C)=O)[C@@H]([C@@H](COC(C)=O)OC(C)=O)O[C@@H]32)cc1. The third-order valence-corrected chi connectivity index (χ3v) is 8.38. The summed E-state index contributed by atoms with van der Waals surface area (Å²) in [6.07, 6.45) is -3.55. The number of carbonyl (C=O) groups is 3. The van der Waals surface area contributed by atoms with E-state index in [0.717, 1.165) is 21.3 Å². The van der Waals surface area contributed by atoms with E-state index in [0.29, 0.717) is 10.8 Å². The number of rotatable bonds is 8. The Morgan fingerprint density at radius 2 is 1.73 bits per heavy atom. The van der Waals surface area contributed by atoms with E-state index in [1.54, 1.807) is 7.11 Å². The van der Waals surface area contributed by atoms with Gasteiger partial charge in [-0.05, 0) is 41.2 Å². The van der Waals surface area contributed by atoms with Crippen LogP contribution in [0.4, 0.5) is 10.8 Å². The van der Waals surface area contributed by atoms with Crippen LogP contribution in [-0.2, 0) is 46.0 Å². The molecule has 0 amide bonds. The molecular weight excluding hydrogens is 556 g/mol. The molecule has 0 bridgehead atoms. The van der Waals surface area contributed by atoms with E-state index in [9.17, 15) is 14.4 Å². The second-order valence-corrected chi connectivity index (χ2v) is 10.7. The molecule has 1 aromatic heterocycles. The van der Waals surface area contributed by atoms with Gasteiger partial charge in [-0.3, -0.25) is 14.4 Å². The number of ether oxygens (including phenoxy) is 5. The number of carbonyl (C=O) groups excluding carboxylic acids is 3. The Bertz CT molecular complexity index is 1410. The monoisotopic (exact) mass is 584 g/mol. The highest BCUT2D eigenvalue weighted by Crippen LogP contribution is 2.49. The van der Waals surface area contributed by atoms with Gasteiger partial charge < -0.3 is 36.3 Å². The molecule has 12 heteroatoms. The molecule has 1 fully saturated rings. The van der Waals surface area contributed by atoms with Crippen LogP contribution in [0.25, 0.3) is 10.4 Å². The largest absolute Gasteiger partial charge is 0.736 e. The number of thiazole rings is 1. The van der Waals surface area contributed by atoms with Crippen LogP contribution in [0.15, 0.2) is 59.6 Å². The molecule has 2 aliphatic rings. The molecule has 0 radical (unpaired) electrons. The maximum Gasteiger partial charge on any atom is 0.343 e. The van der Waals surface area contributed by atoms with Crippen LogP contribution >= 0.6 is 11.3 Å². The number of aromatic nitrogens is 1. The van der Waals surface area contributed by atoms with Gasteiger partial charge >= 0.3 is 23.0 Å². The summed E-state index contributed by atoms with van der Waals surface area (Å²) in [5.74, 6) is -0.991. The topological polar surface area (TPSA) is 104 Å². The van der Waals surface area contributed by atoms with Gasteiger partial charge in [0.15, 0.2) is 12.2 Å². The van der Waals surface area contributed by atoms with Gasteiger partial charge in [0.25, 0.3) is 0 Å². The lowest BCUT2D eigenvalue weighted by molar-refractivity contribution is -0.736. The first-order valence-corrected chi connectivity index (χ1v) is 13.8.